The lowest BCUT2D eigenvalue weighted by atomic mass is 9.77. The summed E-state index contributed by atoms with van der Waals surface area (Å²) < 4.78 is 11.9. The summed E-state index contributed by atoms with van der Waals surface area (Å²) in [6.45, 7) is 0. The third kappa shape index (κ3) is 2.45. The van der Waals surface area contributed by atoms with Crippen molar-refractivity contribution >= 4 is 29.0 Å². The third-order valence-corrected chi connectivity index (χ3v) is 5.22. The van der Waals surface area contributed by atoms with Crippen LogP contribution < -0.4 is 21.3 Å². The van der Waals surface area contributed by atoms with Crippen molar-refractivity contribution in [3.05, 3.63) is 76.9 Å². The number of aromatic hydroxyl groups is 2. The van der Waals surface area contributed by atoms with Crippen LogP contribution in [0.4, 0.5) is 5.69 Å². The Morgan fingerprint density at radius 2 is 1.60 bits per heavy atom. The normalized spacial score (nSPS) is 14.7. The fraction of sp³-hybridized carbons (Fsp3) is 0.0476. The van der Waals surface area contributed by atoms with Crippen molar-refractivity contribution in [1.82, 2.24) is 5.43 Å². The van der Waals surface area contributed by atoms with E-state index in [0.29, 0.717) is 39.4 Å². The molecule has 0 aromatic heterocycles. The van der Waals surface area contributed by atoms with Crippen LogP contribution in [0.2, 0.25) is 0 Å². The highest BCUT2D eigenvalue weighted by Crippen LogP contribution is 2.57. The van der Waals surface area contributed by atoms with Gasteiger partial charge in [0.15, 0.2) is 10.7 Å². The van der Waals surface area contributed by atoms with Gasteiger partial charge in [0, 0.05) is 28.8 Å². The lowest BCUT2D eigenvalue weighted by Gasteiger charge is -2.36. The van der Waals surface area contributed by atoms with Crippen LogP contribution >= 0.6 is 12.2 Å². The van der Waals surface area contributed by atoms with Crippen molar-refractivity contribution in [2.75, 3.05) is 5.43 Å². The van der Waals surface area contributed by atoms with E-state index < -0.39 is 11.6 Å². The maximum atomic E-state index is 13.1. The average molecular weight is 421 g/mol. The summed E-state index contributed by atoms with van der Waals surface area (Å²) in [6.07, 6.45) is 0. The number of hydrogen-bond acceptors (Lipinski definition) is 7. The van der Waals surface area contributed by atoms with E-state index in [1.54, 1.807) is 30.3 Å². The van der Waals surface area contributed by atoms with Gasteiger partial charge in [0.2, 0.25) is 0 Å². The molecule has 30 heavy (non-hydrogen) atoms. The zero-order valence-corrected chi connectivity index (χ0v) is 16.1. The Morgan fingerprint density at radius 1 is 0.967 bits per heavy atom. The second kappa shape index (κ2) is 6.26. The SMILES string of the molecule is NC(=S)NNc1cccc2c1C(=O)OC21c2ccc(O)cc2Oc2cc(O)ccc21. The van der Waals surface area contributed by atoms with E-state index in [4.69, 9.17) is 27.4 Å². The number of phenolic OH excluding ortho intramolecular Hbond substituents is 2. The van der Waals surface area contributed by atoms with Gasteiger partial charge in [-0.15, -0.1) is 0 Å². The number of hydrogen-bond donors (Lipinski definition) is 5. The summed E-state index contributed by atoms with van der Waals surface area (Å²) in [5, 5.41) is 19.9. The summed E-state index contributed by atoms with van der Waals surface area (Å²) in [5.41, 5.74) is 12.0. The molecule has 0 saturated carbocycles. The Hall–Kier alpha value is -3.98. The molecular weight excluding hydrogens is 406 g/mol. The van der Waals surface area contributed by atoms with Crippen LogP contribution in [0.25, 0.3) is 0 Å². The van der Waals surface area contributed by atoms with Crippen LogP contribution in [-0.4, -0.2) is 21.3 Å². The Kier molecular flexibility index (Phi) is 3.77. The minimum atomic E-state index is -1.32. The van der Waals surface area contributed by atoms with Crippen molar-refractivity contribution in [2.24, 2.45) is 5.73 Å². The largest absolute Gasteiger partial charge is 0.508 e. The molecular formula is C21H15N3O5S. The molecule has 3 aromatic rings. The summed E-state index contributed by atoms with van der Waals surface area (Å²) in [7, 11) is 0. The van der Waals surface area contributed by atoms with Crippen LogP contribution in [0.3, 0.4) is 0 Å². The van der Waals surface area contributed by atoms with E-state index in [1.807, 2.05) is 0 Å². The number of esters is 1. The van der Waals surface area contributed by atoms with E-state index in [1.165, 1.54) is 24.3 Å². The molecule has 0 unspecified atom stereocenters. The number of nitrogens with one attached hydrogen (secondary N) is 2. The third-order valence-electron chi connectivity index (χ3n) is 5.12. The first-order chi connectivity index (χ1) is 14.4. The van der Waals surface area contributed by atoms with Crippen LogP contribution in [0.5, 0.6) is 23.0 Å². The molecule has 6 N–H and O–H groups in total. The van der Waals surface area contributed by atoms with Gasteiger partial charge in [-0.05, 0) is 42.5 Å². The van der Waals surface area contributed by atoms with Crippen molar-refractivity contribution in [2.45, 2.75) is 5.60 Å². The van der Waals surface area contributed by atoms with E-state index >= 15 is 0 Å². The van der Waals surface area contributed by atoms with E-state index in [-0.39, 0.29) is 16.6 Å². The quantitative estimate of drug-likeness (QED) is 0.241. The predicted molar refractivity (Wildman–Crippen MR) is 112 cm³/mol. The molecule has 1 spiro atoms. The fourth-order valence-corrected chi connectivity index (χ4v) is 4.03. The number of hydrazine groups is 1. The van der Waals surface area contributed by atoms with Crippen molar-refractivity contribution < 1.29 is 24.5 Å². The van der Waals surface area contributed by atoms with Crippen LogP contribution in [-0.2, 0) is 10.3 Å². The highest BCUT2D eigenvalue weighted by atomic mass is 32.1. The van der Waals surface area contributed by atoms with Crippen LogP contribution in [0.1, 0.15) is 27.0 Å². The molecule has 8 nitrogen and oxygen atoms in total. The molecule has 150 valence electrons. The van der Waals surface area contributed by atoms with E-state index in [9.17, 15) is 15.0 Å². The smallest absolute Gasteiger partial charge is 0.342 e. The molecule has 0 fully saturated rings. The highest BCUT2D eigenvalue weighted by Gasteiger charge is 2.54. The maximum Gasteiger partial charge on any atom is 0.342 e. The Labute approximate surface area is 175 Å². The van der Waals surface area contributed by atoms with Crippen LogP contribution in [0, 0.1) is 0 Å². The van der Waals surface area contributed by atoms with E-state index in [2.05, 4.69) is 10.9 Å². The van der Waals surface area contributed by atoms with Crippen molar-refractivity contribution in [1.29, 1.82) is 0 Å². The predicted octanol–water partition coefficient (Wildman–Crippen LogP) is 2.83. The fourth-order valence-electron chi connectivity index (χ4n) is 3.98. The van der Waals surface area contributed by atoms with Gasteiger partial charge >= 0.3 is 5.97 Å². The average Bonchev–Trinajstić information content (AvgIpc) is 2.99. The standard InChI is InChI=1S/C21H15N3O5S/c22-20(30)24-23-15-3-1-2-14-18(15)19(27)29-21(14)12-6-4-10(25)8-16(12)28-17-9-11(26)5-7-13(17)21/h1-9,23,25-26H,(H3,22,24,30). The zero-order valence-electron chi connectivity index (χ0n) is 15.3. The molecule has 3 aromatic carbocycles. The summed E-state index contributed by atoms with van der Waals surface area (Å²) >= 11 is 4.82. The molecule has 0 saturated heterocycles. The number of ether oxygens (including phenoxy) is 2. The summed E-state index contributed by atoms with van der Waals surface area (Å²) in [6, 6.07) is 14.4. The van der Waals surface area contributed by atoms with E-state index in [0.717, 1.165) is 0 Å². The molecule has 0 aliphatic carbocycles. The first-order valence-corrected chi connectivity index (χ1v) is 9.34. The summed E-state index contributed by atoms with van der Waals surface area (Å²) in [4.78, 5) is 13.1. The zero-order chi connectivity index (χ0) is 21.0. The highest BCUT2D eigenvalue weighted by molar-refractivity contribution is 7.80. The van der Waals surface area contributed by atoms with Crippen LogP contribution in [0.15, 0.2) is 54.6 Å². The molecule has 2 aliphatic rings. The number of nitrogens with two attached hydrogens (primary N) is 1. The van der Waals surface area contributed by atoms with Crippen molar-refractivity contribution in [3.8, 4) is 23.0 Å². The number of benzene rings is 3. The Balaban J connectivity index is 1.80. The number of phenols is 2. The van der Waals surface area contributed by atoms with Gasteiger partial charge in [-0.3, -0.25) is 10.9 Å². The van der Waals surface area contributed by atoms with Crippen molar-refractivity contribution in [3.63, 3.8) is 0 Å². The second-order valence-electron chi connectivity index (χ2n) is 6.88. The van der Waals surface area contributed by atoms with Gasteiger partial charge in [0.25, 0.3) is 0 Å². The molecule has 0 amide bonds. The number of fused-ring (bicyclic) bond motifs is 6. The monoisotopic (exact) mass is 421 g/mol. The molecule has 0 atom stereocenters. The molecule has 0 bridgehead atoms. The van der Waals surface area contributed by atoms with Gasteiger partial charge < -0.3 is 25.4 Å². The minimum Gasteiger partial charge on any atom is -0.508 e. The number of rotatable bonds is 2. The number of anilines is 1. The minimum absolute atomic E-state index is 0.00637. The van der Waals surface area contributed by atoms with Gasteiger partial charge in [-0.25, -0.2) is 4.79 Å². The lowest BCUT2D eigenvalue weighted by Crippen LogP contribution is -2.34. The van der Waals surface area contributed by atoms with Gasteiger partial charge in [-0.1, -0.05) is 12.1 Å². The molecule has 9 heteroatoms. The topological polar surface area (TPSA) is 126 Å². The summed E-state index contributed by atoms with van der Waals surface area (Å²) in [5.74, 6) is 0.0563. The Bertz CT molecular complexity index is 1190. The van der Waals surface area contributed by atoms with Gasteiger partial charge in [-0.2, -0.15) is 0 Å². The molecule has 2 heterocycles. The second-order valence-corrected chi connectivity index (χ2v) is 7.32. The number of carbonyl (C=O) groups excluding carboxylic acids is 1. The van der Waals surface area contributed by atoms with Gasteiger partial charge in [0.05, 0.1) is 11.3 Å². The molecule has 2 aliphatic heterocycles. The number of carbonyl (C=O) groups is 1. The molecule has 5 rings (SSSR count). The Morgan fingerprint density at radius 3 is 2.20 bits per heavy atom. The lowest BCUT2D eigenvalue weighted by molar-refractivity contribution is 0.0224. The first kappa shape index (κ1) is 18.1. The number of thiocarbonyl (C=S) groups is 1. The maximum absolute atomic E-state index is 13.1. The molecule has 0 radical (unpaired) electrons. The van der Waals surface area contributed by atoms with Gasteiger partial charge in [0.1, 0.15) is 23.0 Å². The first-order valence-electron chi connectivity index (χ1n) is 8.93.